The predicted molar refractivity (Wildman–Crippen MR) is 78.4 cm³/mol. The summed E-state index contributed by atoms with van der Waals surface area (Å²) in [4.78, 5) is 2.50. The summed E-state index contributed by atoms with van der Waals surface area (Å²) in [6, 6.07) is 5.30. The highest BCUT2D eigenvalue weighted by atomic mass is 79.9. The summed E-state index contributed by atoms with van der Waals surface area (Å²) < 4.78 is 14.2. The van der Waals surface area contributed by atoms with E-state index in [1.54, 1.807) is 6.07 Å². The number of nitrogens with zero attached hydrogens (tertiary/aromatic N) is 1. The predicted octanol–water partition coefficient (Wildman–Crippen LogP) is 3.02. The third kappa shape index (κ3) is 2.24. The average molecular weight is 327 g/mol. The van der Waals surface area contributed by atoms with Crippen LogP contribution in [0.15, 0.2) is 22.7 Å². The summed E-state index contributed by atoms with van der Waals surface area (Å²) in [6.07, 6.45) is 0. The van der Waals surface area contributed by atoms with Gasteiger partial charge in [0, 0.05) is 25.2 Å². The number of nitrogens with one attached hydrogen (secondary N) is 1. The number of rotatable bonds is 2. The van der Waals surface area contributed by atoms with E-state index in [0.717, 1.165) is 37.7 Å². The van der Waals surface area contributed by atoms with Crippen LogP contribution >= 0.6 is 15.9 Å². The first-order valence-electron chi connectivity index (χ1n) is 6.89. The van der Waals surface area contributed by atoms with Gasteiger partial charge in [0.15, 0.2) is 0 Å². The van der Waals surface area contributed by atoms with Crippen LogP contribution in [0.5, 0.6) is 0 Å². The fourth-order valence-corrected chi connectivity index (χ4v) is 4.04. The first-order valence-corrected chi connectivity index (χ1v) is 7.68. The summed E-state index contributed by atoms with van der Waals surface area (Å²) in [6.45, 7) is 8.79. The summed E-state index contributed by atoms with van der Waals surface area (Å²) >= 11 is 3.37. The van der Waals surface area contributed by atoms with Crippen molar-refractivity contribution in [1.29, 1.82) is 0 Å². The Bertz CT molecular complexity index is 489. The van der Waals surface area contributed by atoms with Crippen LogP contribution in [0.4, 0.5) is 4.39 Å². The summed E-state index contributed by atoms with van der Waals surface area (Å²) in [5.41, 5.74) is 1.22. The Hall–Kier alpha value is -0.450. The van der Waals surface area contributed by atoms with Gasteiger partial charge in [0.05, 0.1) is 4.47 Å². The summed E-state index contributed by atoms with van der Waals surface area (Å²) in [5.74, 6) is 1.28. The Morgan fingerprint density at radius 3 is 2.95 bits per heavy atom. The first kappa shape index (κ1) is 13.5. The molecule has 0 amide bonds. The van der Waals surface area contributed by atoms with Crippen molar-refractivity contribution in [2.45, 2.75) is 25.9 Å². The molecule has 2 nitrogen and oxygen atoms in total. The maximum Gasteiger partial charge on any atom is 0.137 e. The molecular weight excluding hydrogens is 307 g/mol. The highest BCUT2D eigenvalue weighted by Crippen LogP contribution is 2.41. The van der Waals surface area contributed by atoms with Crippen molar-refractivity contribution in [3.8, 4) is 0 Å². The van der Waals surface area contributed by atoms with Crippen molar-refractivity contribution < 1.29 is 4.39 Å². The molecule has 3 rings (SSSR count). The number of hydrogen-bond acceptors (Lipinski definition) is 2. The minimum Gasteiger partial charge on any atom is -0.316 e. The third-order valence-corrected chi connectivity index (χ3v) is 5.80. The maximum atomic E-state index is 13.6. The molecule has 2 heterocycles. The standard InChI is InChI=1S/C15H20BrFN2/c1-15(2)12-7-18-6-11(12)9-19(15)8-10-4-3-5-13(17)14(10)16/h3-5,11-12,18H,6-9H2,1-2H3. The smallest absolute Gasteiger partial charge is 0.137 e. The molecule has 0 aromatic heterocycles. The van der Waals surface area contributed by atoms with E-state index in [1.165, 1.54) is 6.07 Å². The lowest BCUT2D eigenvalue weighted by Gasteiger charge is -2.36. The van der Waals surface area contributed by atoms with Crippen molar-refractivity contribution in [2.24, 2.45) is 11.8 Å². The van der Waals surface area contributed by atoms with E-state index in [-0.39, 0.29) is 11.4 Å². The lowest BCUT2D eigenvalue weighted by Crippen LogP contribution is -2.44. The molecule has 2 fully saturated rings. The molecule has 0 bridgehead atoms. The van der Waals surface area contributed by atoms with Crippen molar-refractivity contribution in [1.82, 2.24) is 10.2 Å². The van der Waals surface area contributed by atoms with Crippen molar-refractivity contribution >= 4 is 15.9 Å². The van der Waals surface area contributed by atoms with Gasteiger partial charge in [-0.05, 0) is 59.8 Å². The molecule has 2 unspecified atom stereocenters. The van der Waals surface area contributed by atoms with E-state index in [0.29, 0.717) is 10.4 Å². The fraction of sp³-hybridized carbons (Fsp3) is 0.600. The van der Waals surface area contributed by atoms with E-state index in [4.69, 9.17) is 0 Å². The highest BCUT2D eigenvalue weighted by molar-refractivity contribution is 9.10. The van der Waals surface area contributed by atoms with Crippen LogP contribution in [0.1, 0.15) is 19.4 Å². The molecule has 0 aliphatic carbocycles. The number of benzene rings is 1. The number of fused-ring (bicyclic) bond motifs is 1. The lowest BCUT2D eigenvalue weighted by molar-refractivity contribution is 0.131. The van der Waals surface area contributed by atoms with E-state index in [1.807, 2.05) is 6.07 Å². The van der Waals surface area contributed by atoms with E-state index >= 15 is 0 Å². The van der Waals surface area contributed by atoms with Crippen LogP contribution in [0.3, 0.4) is 0 Å². The third-order valence-electron chi connectivity index (χ3n) is 4.91. The van der Waals surface area contributed by atoms with Gasteiger partial charge in [-0.25, -0.2) is 4.39 Å². The van der Waals surface area contributed by atoms with Crippen molar-refractivity contribution in [3.63, 3.8) is 0 Å². The van der Waals surface area contributed by atoms with Crippen LogP contribution in [-0.2, 0) is 6.54 Å². The molecule has 0 saturated carbocycles. The molecule has 2 saturated heterocycles. The fourth-order valence-electron chi connectivity index (χ4n) is 3.65. The molecule has 1 aromatic rings. The Balaban J connectivity index is 1.82. The molecule has 1 N–H and O–H groups in total. The molecule has 2 aliphatic rings. The van der Waals surface area contributed by atoms with Crippen molar-refractivity contribution in [2.75, 3.05) is 19.6 Å². The van der Waals surface area contributed by atoms with Crippen LogP contribution < -0.4 is 5.32 Å². The van der Waals surface area contributed by atoms with Gasteiger partial charge in [0.1, 0.15) is 5.82 Å². The largest absolute Gasteiger partial charge is 0.316 e. The number of halogens is 2. The Morgan fingerprint density at radius 2 is 2.21 bits per heavy atom. The number of hydrogen-bond donors (Lipinski definition) is 1. The van der Waals surface area contributed by atoms with Crippen molar-refractivity contribution in [3.05, 3.63) is 34.1 Å². The minimum absolute atomic E-state index is 0.170. The molecule has 0 spiro atoms. The molecule has 0 radical (unpaired) electrons. The first-order chi connectivity index (χ1) is 9.00. The van der Waals surface area contributed by atoms with Gasteiger partial charge < -0.3 is 5.32 Å². The summed E-state index contributed by atoms with van der Waals surface area (Å²) in [7, 11) is 0. The topological polar surface area (TPSA) is 15.3 Å². The monoisotopic (exact) mass is 326 g/mol. The molecular formula is C15H20BrFN2. The number of likely N-dealkylation sites (tertiary alicyclic amines) is 1. The summed E-state index contributed by atoms with van der Waals surface area (Å²) in [5, 5.41) is 3.49. The molecule has 19 heavy (non-hydrogen) atoms. The minimum atomic E-state index is -0.170. The van der Waals surface area contributed by atoms with E-state index < -0.39 is 0 Å². The highest BCUT2D eigenvalue weighted by Gasteiger charge is 2.49. The molecule has 2 atom stereocenters. The zero-order valence-corrected chi connectivity index (χ0v) is 13.0. The second-order valence-electron chi connectivity index (χ2n) is 6.27. The normalized spacial score (nSPS) is 29.7. The SMILES string of the molecule is CC1(C)C2CNCC2CN1Cc1cccc(F)c1Br. The molecule has 4 heteroatoms. The van der Waals surface area contributed by atoms with Gasteiger partial charge in [-0.15, -0.1) is 0 Å². The van der Waals surface area contributed by atoms with Gasteiger partial charge in [0.2, 0.25) is 0 Å². The lowest BCUT2D eigenvalue weighted by atomic mass is 9.85. The van der Waals surface area contributed by atoms with Crippen LogP contribution in [0.2, 0.25) is 0 Å². The average Bonchev–Trinajstić information content (AvgIpc) is 2.90. The Morgan fingerprint density at radius 1 is 1.42 bits per heavy atom. The second kappa shape index (κ2) is 4.83. The second-order valence-corrected chi connectivity index (χ2v) is 7.06. The Labute approximate surface area is 122 Å². The van der Waals surface area contributed by atoms with Crippen LogP contribution in [0.25, 0.3) is 0 Å². The zero-order valence-electron chi connectivity index (χ0n) is 11.4. The van der Waals surface area contributed by atoms with Crippen LogP contribution in [0, 0.1) is 17.7 Å². The maximum absolute atomic E-state index is 13.6. The van der Waals surface area contributed by atoms with E-state index in [2.05, 4.69) is 40.0 Å². The van der Waals surface area contributed by atoms with Gasteiger partial charge in [-0.1, -0.05) is 12.1 Å². The molecule has 1 aromatic carbocycles. The van der Waals surface area contributed by atoms with Gasteiger partial charge >= 0.3 is 0 Å². The van der Waals surface area contributed by atoms with Gasteiger partial charge in [-0.3, -0.25) is 4.90 Å². The van der Waals surface area contributed by atoms with Gasteiger partial charge in [-0.2, -0.15) is 0 Å². The zero-order chi connectivity index (χ0) is 13.6. The van der Waals surface area contributed by atoms with Crippen LogP contribution in [-0.4, -0.2) is 30.1 Å². The Kier molecular flexibility index (Phi) is 3.44. The quantitative estimate of drug-likeness (QED) is 0.898. The van der Waals surface area contributed by atoms with Gasteiger partial charge in [0.25, 0.3) is 0 Å². The van der Waals surface area contributed by atoms with E-state index in [9.17, 15) is 4.39 Å². The molecule has 2 aliphatic heterocycles. The molecule has 104 valence electrons.